The normalized spacial score (nSPS) is 23.9. The molecule has 4 fully saturated rings. The third kappa shape index (κ3) is 11.4. The summed E-state index contributed by atoms with van der Waals surface area (Å²) in [5.41, 5.74) is 0.384. The molecule has 4 aliphatic rings. The number of ether oxygens (including phenoxy) is 2. The average Bonchev–Trinajstić information content (AvgIpc) is 3.78. The lowest BCUT2D eigenvalue weighted by molar-refractivity contribution is -0.137. The zero-order chi connectivity index (χ0) is 43.6. The average molecular weight is 866 g/mol. The summed E-state index contributed by atoms with van der Waals surface area (Å²) < 4.78 is 51.5. The van der Waals surface area contributed by atoms with E-state index >= 15 is 0 Å². The molecule has 2 aromatic heterocycles. The largest absolute Gasteiger partial charge is 0.416 e. The summed E-state index contributed by atoms with van der Waals surface area (Å²) in [6, 6.07) is 6.00. The van der Waals surface area contributed by atoms with Crippen molar-refractivity contribution >= 4 is 40.3 Å². The number of carbonyl (C=O) groups is 4. The predicted molar refractivity (Wildman–Crippen MR) is 223 cm³/mol. The molecular formula is C44H58F3N9O6. The van der Waals surface area contributed by atoms with E-state index < -0.39 is 23.7 Å². The summed E-state index contributed by atoms with van der Waals surface area (Å²) in [6.45, 7) is 6.37. The number of nitrogens with one attached hydrogen (secondary N) is 3. The Bertz CT molecular complexity index is 2000. The van der Waals surface area contributed by atoms with Crippen LogP contribution in [0.15, 0.2) is 49.1 Å². The number of hydrogen-bond donors (Lipinski definition) is 3. The van der Waals surface area contributed by atoms with E-state index in [2.05, 4.69) is 35.8 Å². The Labute approximate surface area is 359 Å². The lowest BCUT2D eigenvalue weighted by Gasteiger charge is -2.39. The number of hydrogen-bond acceptors (Lipinski definition) is 11. The van der Waals surface area contributed by atoms with Gasteiger partial charge in [-0.3, -0.25) is 24.2 Å². The summed E-state index contributed by atoms with van der Waals surface area (Å²) in [6.07, 6.45) is 6.85. The quantitative estimate of drug-likeness (QED) is 0.158. The number of carbonyl (C=O) groups excluding carboxylic acids is 4. The van der Waals surface area contributed by atoms with Gasteiger partial charge in [0.15, 0.2) is 0 Å². The minimum Gasteiger partial charge on any atom is -0.378 e. The van der Waals surface area contributed by atoms with Gasteiger partial charge in [-0.05, 0) is 99.7 Å². The number of alkyl halides is 3. The number of halogens is 3. The van der Waals surface area contributed by atoms with Gasteiger partial charge in [-0.1, -0.05) is 6.07 Å². The van der Waals surface area contributed by atoms with Crippen molar-refractivity contribution in [3.05, 3.63) is 60.2 Å². The molecule has 5 heterocycles. The van der Waals surface area contributed by atoms with E-state index in [9.17, 15) is 32.3 Å². The first-order valence-electron chi connectivity index (χ1n) is 21.9. The van der Waals surface area contributed by atoms with Gasteiger partial charge in [0.05, 0.1) is 49.5 Å². The third-order valence-corrected chi connectivity index (χ3v) is 13.1. The van der Waals surface area contributed by atoms with Gasteiger partial charge in [0, 0.05) is 69.9 Å². The Morgan fingerprint density at radius 3 is 2.32 bits per heavy atom. The molecule has 1 aromatic carbocycles. The molecule has 3 atom stereocenters. The van der Waals surface area contributed by atoms with Gasteiger partial charge in [-0.25, -0.2) is 9.97 Å². The van der Waals surface area contributed by atoms with Crippen molar-refractivity contribution in [1.29, 1.82) is 0 Å². The zero-order valence-corrected chi connectivity index (χ0v) is 35.3. The van der Waals surface area contributed by atoms with Gasteiger partial charge in [0.1, 0.15) is 18.2 Å². The molecule has 0 bridgehead atoms. The summed E-state index contributed by atoms with van der Waals surface area (Å²) in [4.78, 5) is 69.6. The molecule has 15 nitrogen and oxygen atoms in total. The topological polar surface area (TPSA) is 171 Å². The summed E-state index contributed by atoms with van der Waals surface area (Å²) >= 11 is 0. The van der Waals surface area contributed by atoms with E-state index in [1.54, 1.807) is 35.3 Å². The fraction of sp³-hybridized carbons (Fsp3) is 0.614. The number of rotatable bonds is 18. The van der Waals surface area contributed by atoms with Gasteiger partial charge >= 0.3 is 6.18 Å². The van der Waals surface area contributed by atoms with Crippen LogP contribution in [0.3, 0.4) is 0 Å². The molecular weight excluding hydrogens is 808 g/mol. The minimum absolute atomic E-state index is 0.0284. The van der Waals surface area contributed by atoms with E-state index in [-0.39, 0.29) is 53.2 Å². The molecule has 0 radical (unpaired) electrons. The number of amides is 4. The van der Waals surface area contributed by atoms with Crippen molar-refractivity contribution in [1.82, 2.24) is 40.3 Å². The number of pyridine rings is 1. The highest BCUT2D eigenvalue weighted by molar-refractivity contribution is 5.93. The van der Waals surface area contributed by atoms with E-state index in [4.69, 9.17) is 9.47 Å². The number of anilines is 1. The van der Waals surface area contributed by atoms with Crippen LogP contribution in [-0.4, -0.2) is 139 Å². The van der Waals surface area contributed by atoms with Crippen LogP contribution >= 0.6 is 0 Å². The van der Waals surface area contributed by atoms with E-state index in [0.29, 0.717) is 76.4 Å². The van der Waals surface area contributed by atoms with Gasteiger partial charge in [0.2, 0.25) is 23.6 Å². The molecule has 336 valence electrons. The first-order valence-corrected chi connectivity index (χ1v) is 21.9. The van der Waals surface area contributed by atoms with Gasteiger partial charge in [0.25, 0.3) is 0 Å². The van der Waals surface area contributed by atoms with Crippen molar-refractivity contribution in [3.8, 4) is 0 Å². The fourth-order valence-electron chi connectivity index (χ4n) is 9.57. The maximum atomic E-state index is 13.3. The van der Waals surface area contributed by atoms with Crippen LogP contribution < -0.4 is 16.0 Å². The molecule has 18 heteroatoms. The highest BCUT2D eigenvalue weighted by atomic mass is 19.4. The first-order chi connectivity index (χ1) is 30.0. The molecule has 7 rings (SSSR count). The predicted octanol–water partition coefficient (Wildman–Crippen LogP) is 4.06. The van der Waals surface area contributed by atoms with Crippen LogP contribution in [0, 0.1) is 23.7 Å². The van der Waals surface area contributed by atoms with E-state index in [0.717, 1.165) is 75.9 Å². The van der Waals surface area contributed by atoms with Crippen LogP contribution in [0.25, 0.3) is 10.9 Å². The van der Waals surface area contributed by atoms with Gasteiger partial charge in [-0.15, -0.1) is 0 Å². The third-order valence-electron chi connectivity index (χ3n) is 13.1. The Hall–Kier alpha value is -4.94. The maximum Gasteiger partial charge on any atom is 0.416 e. The molecule has 3 aliphatic heterocycles. The SMILES string of the molecule is CN1C(=O)C[C@H](C(=O)NCCOCCOCCN2CCC(C3CCC(C(=O)NCCN4CC[C@H](Nc5ncnc6ccc(C(F)(F)F)cc56)C4=O)CC3)CC2)[C@H]1c1cccnc1. The standard InChI is InChI=1S/C44H58F3N9O6/c1-54-38(57)26-35(39(54)32-3-2-13-48-27-32)42(59)50-15-21-61-23-24-62-22-20-55-16-10-30(11-17-55)29-4-6-31(7-5-29)41(58)49-14-19-56-18-12-37(43(56)60)53-40-34-25-33(44(45,46)47)8-9-36(34)51-28-52-40/h2-3,8-9,13,25,27-31,35,37,39H,4-7,10-12,14-24,26H2,1H3,(H,49,58)(H,50,59)(H,51,52,53)/t29?,31?,35-,37-,39+/m0/s1. The van der Waals surface area contributed by atoms with Crippen LogP contribution in [0.4, 0.5) is 19.0 Å². The Morgan fingerprint density at radius 1 is 0.839 bits per heavy atom. The monoisotopic (exact) mass is 865 g/mol. The molecule has 3 aromatic rings. The van der Waals surface area contributed by atoms with Crippen molar-refractivity contribution in [3.63, 3.8) is 0 Å². The molecule has 4 amide bonds. The highest BCUT2D eigenvalue weighted by Crippen LogP contribution is 2.39. The van der Waals surface area contributed by atoms with Crippen molar-refractivity contribution in [2.24, 2.45) is 23.7 Å². The zero-order valence-electron chi connectivity index (χ0n) is 35.3. The molecule has 3 saturated heterocycles. The first kappa shape index (κ1) is 45.1. The van der Waals surface area contributed by atoms with Crippen molar-refractivity contribution < 1.29 is 41.8 Å². The smallest absolute Gasteiger partial charge is 0.378 e. The van der Waals surface area contributed by atoms with Crippen molar-refractivity contribution in [2.45, 2.75) is 69.6 Å². The van der Waals surface area contributed by atoms with Crippen LogP contribution in [-0.2, 0) is 34.8 Å². The molecule has 62 heavy (non-hydrogen) atoms. The second kappa shape index (κ2) is 21.0. The molecule has 1 aliphatic carbocycles. The Balaban J connectivity index is 0.707. The molecule has 0 unspecified atom stereocenters. The number of fused-ring (bicyclic) bond motifs is 1. The fourth-order valence-corrected chi connectivity index (χ4v) is 9.57. The van der Waals surface area contributed by atoms with Crippen LogP contribution in [0.5, 0.6) is 0 Å². The Kier molecular flexibility index (Phi) is 15.2. The maximum absolute atomic E-state index is 13.3. The summed E-state index contributed by atoms with van der Waals surface area (Å²) in [5.74, 6) is 0.610. The molecule has 0 spiro atoms. The molecule has 3 N–H and O–H groups in total. The van der Waals surface area contributed by atoms with Gasteiger partial charge < -0.3 is 40.1 Å². The lowest BCUT2D eigenvalue weighted by atomic mass is 9.72. The second-order valence-electron chi connectivity index (χ2n) is 16.9. The summed E-state index contributed by atoms with van der Waals surface area (Å²) in [5, 5.41) is 9.18. The minimum atomic E-state index is -4.51. The van der Waals surface area contributed by atoms with Crippen LogP contribution in [0.2, 0.25) is 0 Å². The van der Waals surface area contributed by atoms with E-state index in [1.807, 2.05) is 6.07 Å². The van der Waals surface area contributed by atoms with Crippen molar-refractivity contribution in [2.75, 3.05) is 84.6 Å². The highest BCUT2D eigenvalue weighted by Gasteiger charge is 2.43. The number of benzene rings is 1. The number of aromatic nitrogens is 3. The molecule has 1 saturated carbocycles. The Morgan fingerprint density at radius 2 is 1.58 bits per heavy atom. The number of piperidine rings is 1. The van der Waals surface area contributed by atoms with Crippen LogP contribution in [0.1, 0.15) is 68.5 Å². The van der Waals surface area contributed by atoms with Gasteiger partial charge in [-0.2, -0.15) is 13.2 Å². The van der Waals surface area contributed by atoms with E-state index in [1.165, 1.54) is 12.4 Å². The number of likely N-dealkylation sites (tertiary alicyclic amines) is 3. The lowest BCUT2D eigenvalue weighted by Crippen LogP contribution is -2.42. The number of nitrogens with zero attached hydrogens (tertiary/aromatic N) is 6. The second-order valence-corrected chi connectivity index (χ2v) is 16.9. The summed E-state index contributed by atoms with van der Waals surface area (Å²) in [7, 11) is 1.72.